The van der Waals surface area contributed by atoms with Crippen LogP contribution in [-0.4, -0.2) is 16.9 Å². The van der Waals surface area contributed by atoms with Crippen molar-refractivity contribution < 1.29 is 9.59 Å². The van der Waals surface area contributed by atoms with Crippen LogP contribution in [0, 0.1) is 13.8 Å². The minimum Gasteiger partial charge on any atom is -0.300 e. The summed E-state index contributed by atoms with van der Waals surface area (Å²) in [7, 11) is 0. The second-order valence-corrected chi connectivity index (χ2v) is 4.91. The summed E-state index contributed by atoms with van der Waals surface area (Å²) in [5.74, 6) is -0.203. The van der Waals surface area contributed by atoms with Gasteiger partial charge in [-0.25, -0.2) is 0 Å². The molecular formula is C14H17BrO2. The molecule has 0 aliphatic heterocycles. The van der Waals surface area contributed by atoms with Crippen LogP contribution in [0.1, 0.15) is 36.0 Å². The van der Waals surface area contributed by atoms with Crippen molar-refractivity contribution in [1.29, 1.82) is 0 Å². The number of rotatable bonds is 5. The molecule has 0 spiro atoms. The highest BCUT2D eigenvalue weighted by Gasteiger charge is 2.23. The molecule has 0 N–H and O–H groups in total. The van der Waals surface area contributed by atoms with Crippen LogP contribution < -0.4 is 0 Å². The molecule has 0 heterocycles. The van der Waals surface area contributed by atoms with Crippen LogP contribution in [-0.2, 0) is 9.59 Å². The third kappa shape index (κ3) is 3.50. The van der Waals surface area contributed by atoms with Crippen LogP contribution in [0.2, 0.25) is 0 Å². The van der Waals surface area contributed by atoms with Crippen LogP contribution in [0.5, 0.6) is 0 Å². The van der Waals surface area contributed by atoms with Gasteiger partial charge >= 0.3 is 0 Å². The number of benzene rings is 1. The number of ketones is 2. The summed E-state index contributed by atoms with van der Waals surface area (Å²) >= 11 is 3.18. The number of carbonyl (C=O) groups is 2. The fraction of sp³-hybridized carbons (Fsp3) is 0.429. The summed E-state index contributed by atoms with van der Waals surface area (Å²) in [5.41, 5.74) is 3.23. The summed E-state index contributed by atoms with van der Waals surface area (Å²) in [6.07, 6.45) is 0.286. The molecule has 0 aromatic heterocycles. The van der Waals surface area contributed by atoms with Crippen molar-refractivity contribution in [2.45, 2.75) is 33.1 Å². The first-order chi connectivity index (χ1) is 7.97. The lowest BCUT2D eigenvalue weighted by molar-refractivity contribution is -0.123. The highest BCUT2D eigenvalue weighted by Crippen LogP contribution is 2.26. The lowest BCUT2D eigenvalue weighted by atomic mass is 9.86. The molecule has 0 bridgehead atoms. The van der Waals surface area contributed by atoms with E-state index in [4.69, 9.17) is 0 Å². The monoisotopic (exact) mass is 296 g/mol. The zero-order chi connectivity index (χ0) is 13.0. The molecule has 92 valence electrons. The van der Waals surface area contributed by atoms with E-state index in [0.29, 0.717) is 5.33 Å². The molecule has 0 radical (unpaired) electrons. The maximum absolute atomic E-state index is 11.9. The molecule has 0 saturated carbocycles. The Hall–Kier alpha value is -0.960. The Labute approximate surface area is 111 Å². The average Bonchev–Trinajstić information content (AvgIpc) is 2.29. The number of alkyl halides is 1. The highest BCUT2D eigenvalue weighted by molar-refractivity contribution is 9.09. The van der Waals surface area contributed by atoms with Gasteiger partial charge in [-0.15, -0.1) is 0 Å². The smallest absolute Gasteiger partial charge is 0.151 e. The number of halogens is 1. The van der Waals surface area contributed by atoms with Gasteiger partial charge in [0.1, 0.15) is 5.78 Å². The van der Waals surface area contributed by atoms with E-state index in [1.807, 2.05) is 32.0 Å². The van der Waals surface area contributed by atoms with E-state index in [9.17, 15) is 9.59 Å². The molecule has 2 nitrogen and oxygen atoms in total. The second kappa shape index (κ2) is 6.10. The second-order valence-electron chi connectivity index (χ2n) is 4.35. The molecule has 1 unspecified atom stereocenters. The van der Waals surface area contributed by atoms with Crippen molar-refractivity contribution in [2.24, 2.45) is 0 Å². The third-order valence-electron chi connectivity index (χ3n) is 3.03. The lowest BCUT2D eigenvalue weighted by Crippen LogP contribution is -2.18. The van der Waals surface area contributed by atoms with Gasteiger partial charge in [-0.2, -0.15) is 0 Å². The Morgan fingerprint density at radius 2 is 1.94 bits per heavy atom. The lowest BCUT2D eigenvalue weighted by Gasteiger charge is -2.17. The Morgan fingerprint density at radius 3 is 2.47 bits per heavy atom. The topological polar surface area (TPSA) is 34.1 Å². The summed E-state index contributed by atoms with van der Waals surface area (Å²) < 4.78 is 0. The van der Waals surface area contributed by atoms with Crippen molar-refractivity contribution in [1.82, 2.24) is 0 Å². The van der Waals surface area contributed by atoms with Gasteiger partial charge in [0.05, 0.1) is 11.2 Å². The van der Waals surface area contributed by atoms with E-state index in [0.717, 1.165) is 16.7 Å². The Kier molecular flexibility index (Phi) is 5.06. The molecule has 17 heavy (non-hydrogen) atoms. The molecule has 1 aromatic rings. The van der Waals surface area contributed by atoms with E-state index in [1.54, 1.807) is 0 Å². The van der Waals surface area contributed by atoms with Crippen LogP contribution in [0.15, 0.2) is 18.2 Å². The number of hydrogen-bond donors (Lipinski definition) is 0. The summed E-state index contributed by atoms with van der Waals surface area (Å²) in [5, 5.41) is 0.290. The molecule has 0 amide bonds. The normalized spacial score (nSPS) is 12.2. The van der Waals surface area contributed by atoms with Gasteiger partial charge in [-0.05, 0) is 37.5 Å². The van der Waals surface area contributed by atoms with Gasteiger partial charge in [0.2, 0.25) is 0 Å². The van der Waals surface area contributed by atoms with E-state index in [-0.39, 0.29) is 23.9 Å². The summed E-state index contributed by atoms with van der Waals surface area (Å²) in [4.78, 5) is 23.2. The van der Waals surface area contributed by atoms with Crippen molar-refractivity contribution in [3.05, 3.63) is 34.9 Å². The first-order valence-electron chi connectivity index (χ1n) is 5.61. The molecular weight excluding hydrogens is 280 g/mol. The Balaban J connectivity index is 3.17. The standard InChI is InChI=1S/C14H17BrO2/c1-9-5-4-6-12(11(9)3)13(7-10(2)16)14(17)8-15/h4-6,13H,7-8H2,1-3H3. The fourth-order valence-electron chi connectivity index (χ4n) is 1.93. The zero-order valence-electron chi connectivity index (χ0n) is 10.4. The molecule has 0 aliphatic carbocycles. The van der Waals surface area contributed by atoms with E-state index >= 15 is 0 Å². The quantitative estimate of drug-likeness (QED) is 0.781. The van der Waals surface area contributed by atoms with E-state index in [2.05, 4.69) is 15.9 Å². The molecule has 1 rings (SSSR count). The van der Waals surface area contributed by atoms with Gasteiger partial charge in [-0.1, -0.05) is 34.1 Å². The van der Waals surface area contributed by atoms with E-state index in [1.165, 1.54) is 6.92 Å². The molecule has 1 aromatic carbocycles. The SMILES string of the molecule is CC(=O)CC(C(=O)CBr)c1cccc(C)c1C. The number of aryl methyl sites for hydroxylation is 1. The first-order valence-corrected chi connectivity index (χ1v) is 6.73. The Morgan fingerprint density at radius 1 is 1.29 bits per heavy atom. The third-order valence-corrected chi connectivity index (χ3v) is 3.59. The van der Waals surface area contributed by atoms with Crippen LogP contribution >= 0.6 is 15.9 Å². The molecule has 3 heteroatoms. The number of carbonyl (C=O) groups excluding carboxylic acids is 2. The maximum atomic E-state index is 11.9. The fourth-order valence-corrected chi connectivity index (χ4v) is 2.32. The van der Waals surface area contributed by atoms with Crippen LogP contribution in [0.25, 0.3) is 0 Å². The van der Waals surface area contributed by atoms with Crippen molar-refractivity contribution >= 4 is 27.5 Å². The summed E-state index contributed by atoms with van der Waals surface area (Å²) in [6, 6.07) is 5.89. The Bertz CT molecular complexity index is 438. The average molecular weight is 297 g/mol. The van der Waals surface area contributed by atoms with Crippen LogP contribution in [0.3, 0.4) is 0 Å². The predicted octanol–water partition coefficient (Wildman–Crippen LogP) is 3.33. The molecule has 0 aliphatic rings. The predicted molar refractivity (Wildman–Crippen MR) is 72.8 cm³/mol. The number of Topliss-reactive ketones (excluding diaryl/α,β-unsaturated/α-hetero) is 2. The van der Waals surface area contributed by atoms with Crippen molar-refractivity contribution in [3.63, 3.8) is 0 Å². The molecule has 0 saturated heterocycles. The van der Waals surface area contributed by atoms with Gasteiger partial charge in [0.25, 0.3) is 0 Å². The van der Waals surface area contributed by atoms with Gasteiger partial charge < -0.3 is 0 Å². The molecule has 1 atom stereocenters. The van der Waals surface area contributed by atoms with Crippen molar-refractivity contribution in [3.8, 4) is 0 Å². The van der Waals surface area contributed by atoms with Gasteiger partial charge in [-0.3, -0.25) is 9.59 Å². The number of hydrogen-bond acceptors (Lipinski definition) is 2. The largest absolute Gasteiger partial charge is 0.300 e. The van der Waals surface area contributed by atoms with Gasteiger partial charge in [0.15, 0.2) is 5.78 Å². The summed E-state index contributed by atoms with van der Waals surface area (Å²) in [6.45, 7) is 5.54. The molecule has 0 fully saturated rings. The highest BCUT2D eigenvalue weighted by atomic mass is 79.9. The van der Waals surface area contributed by atoms with Crippen molar-refractivity contribution in [2.75, 3.05) is 5.33 Å². The minimum absolute atomic E-state index is 0.0465. The minimum atomic E-state index is -0.313. The van der Waals surface area contributed by atoms with E-state index < -0.39 is 0 Å². The maximum Gasteiger partial charge on any atom is 0.151 e. The zero-order valence-corrected chi connectivity index (χ0v) is 12.0. The first kappa shape index (κ1) is 14.1. The van der Waals surface area contributed by atoms with Gasteiger partial charge in [0, 0.05) is 6.42 Å². The van der Waals surface area contributed by atoms with Crippen LogP contribution in [0.4, 0.5) is 0 Å².